The maximum atomic E-state index is 11.8. The van der Waals surface area contributed by atoms with Crippen LogP contribution in [0.25, 0.3) is 0 Å². The molecule has 0 saturated carbocycles. The van der Waals surface area contributed by atoms with Gasteiger partial charge in [-0.15, -0.1) is 0 Å². The number of methoxy groups -OCH3 is 1. The molecule has 0 saturated heterocycles. The monoisotopic (exact) mass is 236 g/mol. The predicted molar refractivity (Wildman–Crippen MR) is 63.2 cm³/mol. The molecule has 2 aromatic heterocycles. The molecule has 0 aliphatic rings. The average molecular weight is 236 g/mol. The van der Waals surface area contributed by atoms with Gasteiger partial charge in [0.2, 0.25) is 0 Å². The molecule has 0 aromatic carbocycles. The second kappa shape index (κ2) is 4.49. The minimum atomic E-state index is -0.0875. The van der Waals surface area contributed by atoms with Crippen LogP contribution in [-0.2, 0) is 6.54 Å². The number of hydrogen-bond acceptors (Lipinski definition) is 4. The molecule has 2 heterocycles. The molecular formula is C11H12N2O2S. The van der Waals surface area contributed by atoms with Gasteiger partial charge in [-0.3, -0.25) is 9.36 Å². The Bertz CT molecular complexity index is 531. The van der Waals surface area contributed by atoms with E-state index in [0.29, 0.717) is 18.2 Å². The Morgan fingerprint density at radius 3 is 3.00 bits per heavy atom. The SMILES string of the molecule is COc1nc(C)cc(=O)n1Cc1ccsc1. The molecule has 0 bridgehead atoms. The van der Waals surface area contributed by atoms with E-state index in [1.54, 1.807) is 18.3 Å². The van der Waals surface area contributed by atoms with Crippen LogP contribution in [0.4, 0.5) is 0 Å². The van der Waals surface area contributed by atoms with Crippen LogP contribution in [0.2, 0.25) is 0 Å². The number of ether oxygens (including phenoxy) is 1. The molecular weight excluding hydrogens is 224 g/mol. The van der Waals surface area contributed by atoms with Crippen LogP contribution >= 0.6 is 11.3 Å². The van der Waals surface area contributed by atoms with Crippen LogP contribution in [0.5, 0.6) is 6.01 Å². The van der Waals surface area contributed by atoms with Gasteiger partial charge in [-0.1, -0.05) is 0 Å². The van der Waals surface area contributed by atoms with Crippen LogP contribution in [0.1, 0.15) is 11.3 Å². The smallest absolute Gasteiger partial charge is 0.299 e. The van der Waals surface area contributed by atoms with E-state index in [1.807, 2.05) is 16.8 Å². The number of nitrogens with zero attached hydrogens (tertiary/aromatic N) is 2. The van der Waals surface area contributed by atoms with Gasteiger partial charge in [0, 0.05) is 11.8 Å². The minimum absolute atomic E-state index is 0.0875. The van der Waals surface area contributed by atoms with Crippen LogP contribution in [0, 0.1) is 6.92 Å². The van der Waals surface area contributed by atoms with Gasteiger partial charge in [0.15, 0.2) is 0 Å². The maximum Gasteiger partial charge on any atom is 0.299 e. The zero-order valence-corrected chi connectivity index (χ0v) is 9.95. The second-order valence-corrected chi connectivity index (χ2v) is 4.22. The third kappa shape index (κ3) is 2.14. The molecule has 16 heavy (non-hydrogen) atoms. The molecule has 0 aliphatic heterocycles. The van der Waals surface area contributed by atoms with Gasteiger partial charge in [-0.25, -0.2) is 4.98 Å². The van der Waals surface area contributed by atoms with Crippen LogP contribution in [-0.4, -0.2) is 16.7 Å². The Morgan fingerprint density at radius 2 is 2.38 bits per heavy atom. The molecule has 0 unspecified atom stereocenters. The van der Waals surface area contributed by atoms with Crippen LogP contribution < -0.4 is 10.3 Å². The summed E-state index contributed by atoms with van der Waals surface area (Å²) in [6.45, 7) is 2.28. The van der Waals surface area contributed by atoms with Crippen molar-refractivity contribution >= 4 is 11.3 Å². The summed E-state index contributed by atoms with van der Waals surface area (Å²) < 4.78 is 6.63. The Morgan fingerprint density at radius 1 is 1.56 bits per heavy atom. The van der Waals surface area contributed by atoms with Gasteiger partial charge in [-0.2, -0.15) is 11.3 Å². The fourth-order valence-electron chi connectivity index (χ4n) is 1.46. The summed E-state index contributed by atoms with van der Waals surface area (Å²) in [4.78, 5) is 16.0. The molecule has 4 nitrogen and oxygen atoms in total. The number of thiophene rings is 1. The summed E-state index contributed by atoms with van der Waals surface area (Å²) in [6, 6.07) is 3.85. The molecule has 2 aromatic rings. The Hall–Kier alpha value is -1.62. The molecule has 0 fully saturated rings. The second-order valence-electron chi connectivity index (χ2n) is 3.44. The zero-order chi connectivity index (χ0) is 11.5. The molecule has 0 radical (unpaired) electrons. The molecule has 0 aliphatic carbocycles. The zero-order valence-electron chi connectivity index (χ0n) is 9.14. The van der Waals surface area contributed by atoms with Gasteiger partial charge in [-0.05, 0) is 29.3 Å². The maximum absolute atomic E-state index is 11.8. The molecule has 0 amide bonds. The summed E-state index contributed by atoms with van der Waals surface area (Å²) >= 11 is 1.60. The van der Waals surface area contributed by atoms with Crippen LogP contribution in [0.3, 0.4) is 0 Å². The van der Waals surface area contributed by atoms with Gasteiger partial charge in [0.25, 0.3) is 11.6 Å². The van der Waals surface area contributed by atoms with Gasteiger partial charge >= 0.3 is 0 Å². The lowest BCUT2D eigenvalue weighted by Gasteiger charge is -2.09. The Kier molecular flexibility index (Phi) is 3.05. The summed E-state index contributed by atoms with van der Waals surface area (Å²) in [7, 11) is 1.52. The molecule has 5 heteroatoms. The van der Waals surface area contributed by atoms with Crippen molar-refractivity contribution in [1.29, 1.82) is 0 Å². The van der Waals surface area contributed by atoms with Crippen molar-refractivity contribution in [3.63, 3.8) is 0 Å². The first-order valence-electron chi connectivity index (χ1n) is 4.84. The lowest BCUT2D eigenvalue weighted by molar-refractivity contribution is 0.350. The Balaban J connectivity index is 2.43. The normalized spacial score (nSPS) is 10.4. The van der Waals surface area contributed by atoms with Crippen molar-refractivity contribution in [2.45, 2.75) is 13.5 Å². The highest BCUT2D eigenvalue weighted by atomic mass is 32.1. The fraction of sp³-hybridized carbons (Fsp3) is 0.273. The third-order valence-electron chi connectivity index (χ3n) is 2.20. The van der Waals surface area contributed by atoms with E-state index in [4.69, 9.17) is 4.74 Å². The average Bonchev–Trinajstić information content (AvgIpc) is 2.74. The third-order valence-corrected chi connectivity index (χ3v) is 2.94. The first kappa shape index (κ1) is 10.9. The van der Waals surface area contributed by atoms with Gasteiger partial charge in [0.1, 0.15) is 0 Å². The van der Waals surface area contributed by atoms with E-state index in [1.165, 1.54) is 17.7 Å². The van der Waals surface area contributed by atoms with E-state index < -0.39 is 0 Å². The van der Waals surface area contributed by atoms with Crippen molar-refractivity contribution < 1.29 is 4.74 Å². The van der Waals surface area contributed by atoms with E-state index in [9.17, 15) is 4.79 Å². The summed E-state index contributed by atoms with van der Waals surface area (Å²) in [5.41, 5.74) is 1.66. The van der Waals surface area contributed by atoms with Crippen molar-refractivity contribution in [1.82, 2.24) is 9.55 Å². The Labute approximate surface area is 97.1 Å². The highest BCUT2D eigenvalue weighted by Gasteiger charge is 2.07. The molecule has 0 spiro atoms. The first-order valence-corrected chi connectivity index (χ1v) is 5.78. The molecule has 0 N–H and O–H groups in total. The lowest BCUT2D eigenvalue weighted by Crippen LogP contribution is -2.23. The highest BCUT2D eigenvalue weighted by molar-refractivity contribution is 7.07. The predicted octanol–water partition coefficient (Wildman–Crippen LogP) is 1.67. The minimum Gasteiger partial charge on any atom is -0.468 e. The highest BCUT2D eigenvalue weighted by Crippen LogP contribution is 2.11. The van der Waals surface area contributed by atoms with Crippen molar-refractivity contribution in [2.24, 2.45) is 0 Å². The van der Waals surface area contributed by atoms with Gasteiger partial charge < -0.3 is 4.74 Å². The molecule has 0 atom stereocenters. The van der Waals surface area contributed by atoms with Crippen molar-refractivity contribution in [3.8, 4) is 6.01 Å². The molecule has 2 rings (SSSR count). The number of rotatable bonds is 3. The number of aromatic nitrogens is 2. The van der Waals surface area contributed by atoms with Crippen molar-refractivity contribution in [2.75, 3.05) is 7.11 Å². The summed E-state index contributed by atoms with van der Waals surface area (Å²) in [5, 5.41) is 3.99. The van der Waals surface area contributed by atoms with Crippen LogP contribution in [0.15, 0.2) is 27.7 Å². The molecule has 84 valence electrons. The number of aryl methyl sites for hydroxylation is 1. The largest absolute Gasteiger partial charge is 0.468 e. The topological polar surface area (TPSA) is 44.1 Å². The van der Waals surface area contributed by atoms with E-state index in [-0.39, 0.29) is 5.56 Å². The van der Waals surface area contributed by atoms with Gasteiger partial charge in [0.05, 0.1) is 13.7 Å². The summed E-state index contributed by atoms with van der Waals surface area (Å²) in [6.07, 6.45) is 0. The van der Waals surface area contributed by atoms with E-state index in [0.717, 1.165) is 5.56 Å². The van der Waals surface area contributed by atoms with Crippen molar-refractivity contribution in [3.05, 3.63) is 44.5 Å². The quantitative estimate of drug-likeness (QED) is 0.814. The summed E-state index contributed by atoms with van der Waals surface area (Å²) in [5.74, 6) is 0. The fourth-order valence-corrected chi connectivity index (χ4v) is 2.12. The lowest BCUT2D eigenvalue weighted by atomic mass is 10.3. The standard InChI is InChI=1S/C11H12N2O2S/c1-8-5-10(14)13(11(12-8)15-2)6-9-3-4-16-7-9/h3-5,7H,6H2,1-2H3. The number of hydrogen-bond donors (Lipinski definition) is 0. The van der Waals surface area contributed by atoms with E-state index in [2.05, 4.69) is 4.98 Å². The first-order chi connectivity index (χ1) is 7.70. The van der Waals surface area contributed by atoms with E-state index >= 15 is 0 Å².